The van der Waals surface area contributed by atoms with Crippen LogP contribution in [-0.4, -0.2) is 16.6 Å². The highest BCUT2D eigenvalue weighted by atomic mass is 127. The molecule has 4 aromatic rings. The Bertz CT molecular complexity index is 1300. The minimum atomic E-state index is -0.153. The van der Waals surface area contributed by atoms with Crippen molar-refractivity contribution in [2.75, 3.05) is 11.1 Å². The van der Waals surface area contributed by atoms with Crippen LogP contribution in [0.1, 0.15) is 5.56 Å². The van der Waals surface area contributed by atoms with Gasteiger partial charge in [0.2, 0.25) is 5.91 Å². The lowest BCUT2D eigenvalue weighted by Crippen LogP contribution is -2.15. The molecule has 2 aromatic heterocycles. The number of hydrogen-bond donors (Lipinski definition) is 1. The number of nitrogens with zero attached hydrogens (tertiary/aromatic N) is 2. The van der Waals surface area contributed by atoms with Crippen LogP contribution in [0.5, 0.6) is 0 Å². The third-order valence-corrected chi connectivity index (χ3v) is 7.58. The number of nitrogens with one attached hydrogen (secondary N) is 1. The van der Waals surface area contributed by atoms with Crippen LogP contribution in [0.4, 0.5) is 5.69 Å². The first-order valence-electron chi connectivity index (χ1n) is 9.47. The molecule has 158 valence electrons. The monoisotopic (exact) mass is 587 g/mol. The summed E-state index contributed by atoms with van der Waals surface area (Å²) in [4.78, 5) is 18.3. The fourth-order valence-corrected chi connectivity index (χ4v) is 5.16. The van der Waals surface area contributed by atoms with Gasteiger partial charge in [-0.1, -0.05) is 53.7 Å². The van der Waals surface area contributed by atoms with E-state index in [1.165, 1.54) is 11.8 Å². The number of thiophene rings is 1. The lowest BCUT2D eigenvalue weighted by atomic mass is 10.0. The topological polar surface area (TPSA) is 65.8 Å². The first-order valence-corrected chi connectivity index (χ1v) is 12.8. The Kier molecular flexibility index (Phi) is 7.48. The lowest BCUT2D eigenvalue weighted by molar-refractivity contribution is -0.113. The van der Waals surface area contributed by atoms with Gasteiger partial charge in [0.25, 0.3) is 0 Å². The normalized spacial score (nSPS) is 10.5. The summed E-state index contributed by atoms with van der Waals surface area (Å²) in [5, 5.41) is 16.0. The van der Waals surface area contributed by atoms with Crippen LogP contribution in [0.2, 0.25) is 5.02 Å². The fourth-order valence-electron chi connectivity index (χ4n) is 3.02. The van der Waals surface area contributed by atoms with Gasteiger partial charge in [0.1, 0.15) is 11.1 Å². The minimum Gasteiger partial charge on any atom is -0.324 e. The molecule has 0 atom stereocenters. The molecular weight excluding hydrogens is 573 g/mol. The van der Waals surface area contributed by atoms with E-state index in [-0.39, 0.29) is 11.7 Å². The maximum atomic E-state index is 12.6. The van der Waals surface area contributed by atoms with Crippen molar-refractivity contribution in [3.63, 3.8) is 0 Å². The largest absolute Gasteiger partial charge is 0.324 e. The van der Waals surface area contributed by atoms with Gasteiger partial charge in [-0.3, -0.25) is 4.79 Å². The molecule has 32 heavy (non-hydrogen) atoms. The second-order valence-corrected chi connectivity index (χ2v) is 10.2. The van der Waals surface area contributed by atoms with E-state index in [0.717, 1.165) is 31.0 Å². The average molecular weight is 588 g/mol. The summed E-state index contributed by atoms with van der Waals surface area (Å²) >= 11 is 11.1. The zero-order chi connectivity index (χ0) is 22.5. The van der Waals surface area contributed by atoms with Crippen molar-refractivity contribution in [3.8, 4) is 27.8 Å². The molecule has 1 amide bonds. The predicted octanol–water partition coefficient (Wildman–Crippen LogP) is 7.34. The van der Waals surface area contributed by atoms with E-state index < -0.39 is 0 Å². The standard InChI is InChI=1S/C24H15ClIN3OS2/c25-16-9-7-15(8-10-16)17-12-21(22-6-3-11-31-22)29-24(18(17)13-27)32-14-23(30)28-20-5-2-1-4-19(20)26/h1-12H,14H2,(H,28,30). The second kappa shape index (κ2) is 10.5. The van der Waals surface area contributed by atoms with Gasteiger partial charge in [-0.05, 0) is 69.9 Å². The second-order valence-electron chi connectivity index (χ2n) is 6.65. The fraction of sp³-hybridized carbons (Fsp3) is 0.0417. The van der Waals surface area contributed by atoms with Gasteiger partial charge in [-0.2, -0.15) is 5.26 Å². The Morgan fingerprint density at radius 2 is 1.94 bits per heavy atom. The third-order valence-electron chi connectivity index (χ3n) is 4.51. The summed E-state index contributed by atoms with van der Waals surface area (Å²) in [6, 6.07) is 23.1. The Hall–Kier alpha value is -2.38. The van der Waals surface area contributed by atoms with Gasteiger partial charge in [-0.25, -0.2) is 4.98 Å². The van der Waals surface area contributed by atoms with Gasteiger partial charge < -0.3 is 5.32 Å². The zero-order valence-corrected chi connectivity index (χ0v) is 21.1. The summed E-state index contributed by atoms with van der Waals surface area (Å²) in [6.07, 6.45) is 0. The summed E-state index contributed by atoms with van der Waals surface area (Å²) in [5.41, 5.74) is 3.62. The van der Waals surface area contributed by atoms with Crippen LogP contribution in [-0.2, 0) is 4.79 Å². The molecule has 2 heterocycles. The Labute approximate surface area is 212 Å². The van der Waals surface area contributed by atoms with Crippen molar-refractivity contribution in [2.24, 2.45) is 0 Å². The third kappa shape index (κ3) is 5.33. The molecule has 0 saturated heterocycles. The Morgan fingerprint density at radius 1 is 1.16 bits per heavy atom. The molecule has 8 heteroatoms. The number of carbonyl (C=O) groups is 1. The number of carbonyl (C=O) groups excluding carboxylic acids is 1. The van der Waals surface area contributed by atoms with Crippen molar-refractivity contribution in [1.82, 2.24) is 4.98 Å². The number of pyridine rings is 1. The van der Waals surface area contributed by atoms with Crippen LogP contribution in [0.15, 0.2) is 77.1 Å². The Morgan fingerprint density at radius 3 is 2.62 bits per heavy atom. The number of thioether (sulfide) groups is 1. The van der Waals surface area contributed by atoms with E-state index in [2.05, 4.69) is 34.0 Å². The number of rotatable bonds is 6. The van der Waals surface area contributed by atoms with Crippen LogP contribution >= 0.6 is 57.3 Å². The van der Waals surface area contributed by atoms with E-state index in [1.807, 2.05) is 60.0 Å². The van der Waals surface area contributed by atoms with Crippen LogP contribution in [0.3, 0.4) is 0 Å². The van der Waals surface area contributed by atoms with E-state index >= 15 is 0 Å². The molecule has 0 fully saturated rings. The van der Waals surface area contributed by atoms with Gasteiger partial charge in [0.05, 0.1) is 27.6 Å². The summed E-state index contributed by atoms with van der Waals surface area (Å²) in [7, 11) is 0. The van der Waals surface area contributed by atoms with Crippen LogP contribution in [0.25, 0.3) is 21.7 Å². The van der Waals surface area contributed by atoms with Crippen LogP contribution in [0, 0.1) is 14.9 Å². The molecule has 0 aliphatic carbocycles. The molecule has 2 aromatic carbocycles. The van der Waals surface area contributed by atoms with Crippen molar-refractivity contribution in [3.05, 3.63) is 86.3 Å². The smallest absolute Gasteiger partial charge is 0.234 e. The van der Waals surface area contributed by atoms with Crippen molar-refractivity contribution in [2.45, 2.75) is 5.03 Å². The molecule has 0 aliphatic heterocycles. The number of nitriles is 1. The van der Waals surface area contributed by atoms with E-state index in [0.29, 0.717) is 15.6 Å². The quantitative estimate of drug-likeness (QED) is 0.189. The number of hydrogen-bond acceptors (Lipinski definition) is 5. The first kappa shape index (κ1) is 22.8. The molecule has 0 radical (unpaired) electrons. The summed E-state index contributed by atoms with van der Waals surface area (Å²) < 4.78 is 0.962. The Balaban J connectivity index is 1.67. The van der Waals surface area contributed by atoms with Gasteiger partial charge in [0.15, 0.2) is 0 Å². The van der Waals surface area contributed by atoms with Gasteiger partial charge >= 0.3 is 0 Å². The number of amides is 1. The molecule has 0 bridgehead atoms. The number of aromatic nitrogens is 1. The molecule has 4 rings (SSSR count). The molecule has 0 saturated carbocycles. The molecule has 0 spiro atoms. The summed E-state index contributed by atoms with van der Waals surface area (Å²) in [6.45, 7) is 0. The van der Waals surface area contributed by atoms with Crippen LogP contribution < -0.4 is 5.32 Å². The molecule has 0 aliphatic rings. The summed E-state index contributed by atoms with van der Waals surface area (Å²) in [5.74, 6) is -0.0139. The highest BCUT2D eigenvalue weighted by molar-refractivity contribution is 14.1. The number of anilines is 1. The lowest BCUT2D eigenvalue weighted by Gasteiger charge is -2.12. The minimum absolute atomic E-state index is 0.139. The molecule has 0 unspecified atom stereocenters. The highest BCUT2D eigenvalue weighted by Gasteiger charge is 2.17. The van der Waals surface area contributed by atoms with Crippen molar-refractivity contribution >= 4 is 68.9 Å². The highest BCUT2D eigenvalue weighted by Crippen LogP contribution is 2.36. The van der Waals surface area contributed by atoms with Gasteiger partial charge in [-0.15, -0.1) is 11.3 Å². The van der Waals surface area contributed by atoms with Gasteiger partial charge in [0, 0.05) is 14.2 Å². The predicted molar refractivity (Wildman–Crippen MR) is 141 cm³/mol. The first-order chi connectivity index (χ1) is 15.5. The van der Waals surface area contributed by atoms with E-state index in [9.17, 15) is 10.1 Å². The number of halogens is 2. The number of para-hydroxylation sites is 1. The zero-order valence-electron chi connectivity index (χ0n) is 16.5. The molecule has 4 nitrogen and oxygen atoms in total. The molecule has 1 N–H and O–H groups in total. The van der Waals surface area contributed by atoms with E-state index in [4.69, 9.17) is 16.6 Å². The van der Waals surface area contributed by atoms with Crippen molar-refractivity contribution in [1.29, 1.82) is 5.26 Å². The van der Waals surface area contributed by atoms with E-state index in [1.54, 1.807) is 23.5 Å². The average Bonchev–Trinajstić information content (AvgIpc) is 3.34. The van der Waals surface area contributed by atoms with Crippen molar-refractivity contribution < 1.29 is 4.79 Å². The number of benzene rings is 2. The maximum absolute atomic E-state index is 12.6. The maximum Gasteiger partial charge on any atom is 0.234 e. The SMILES string of the molecule is N#Cc1c(-c2ccc(Cl)cc2)cc(-c2cccs2)nc1SCC(=O)Nc1ccccc1I. The molecular formula is C24H15ClIN3OS2.